The number of nitrogens with one attached hydrogen (secondary N) is 1. The van der Waals surface area contributed by atoms with Gasteiger partial charge in [-0.05, 0) is 74.5 Å². The van der Waals surface area contributed by atoms with Gasteiger partial charge in [0.25, 0.3) is 5.91 Å². The summed E-state index contributed by atoms with van der Waals surface area (Å²) < 4.78 is 0. The van der Waals surface area contributed by atoms with Crippen molar-refractivity contribution in [1.82, 2.24) is 5.32 Å². The molecular weight excluding hydrogens is 248 g/mol. The minimum Gasteiger partial charge on any atom is -0.399 e. The topological polar surface area (TPSA) is 55.1 Å². The highest BCUT2D eigenvalue weighted by atomic mass is 16.1. The number of amides is 1. The molecule has 0 spiro atoms. The Morgan fingerprint density at radius 1 is 1.10 bits per heavy atom. The molecule has 1 amide bonds. The van der Waals surface area contributed by atoms with Crippen molar-refractivity contribution in [3.05, 3.63) is 29.8 Å². The van der Waals surface area contributed by atoms with E-state index in [0.29, 0.717) is 11.3 Å². The molecule has 3 heteroatoms. The summed E-state index contributed by atoms with van der Waals surface area (Å²) in [6.07, 6.45) is 7.75. The Hall–Kier alpha value is -1.51. The highest BCUT2D eigenvalue weighted by Crippen LogP contribution is 2.55. The molecule has 0 aliphatic heterocycles. The Bertz CT molecular complexity index is 516. The van der Waals surface area contributed by atoms with E-state index in [-0.39, 0.29) is 11.4 Å². The zero-order valence-electron chi connectivity index (χ0n) is 11.8. The summed E-state index contributed by atoms with van der Waals surface area (Å²) in [5, 5.41) is 3.37. The minimum absolute atomic E-state index is 0.0549. The van der Waals surface area contributed by atoms with Gasteiger partial charge in [0, 0.05) is 16.8 Å². The van der Waals surface area contributed by atoms with Crippen LogP contribution < -0.4 is 11.1 Å². The van der Waals surface area contributed by atoms with Crippen molar-refractivity contribution in [2.24, 2.45) is 17.8 Å². The van der Waals surface area contributed by atoms with Crippen molar-refractivity contribution in [1.29, 1.82) is 0 Å². The third kappa shape index (κ3) is 2.00. The Morgan fingerprint density at radius 2 is 1.70 bits per heavy atom. The van der Waals surface area contributed by atoms with Gasteiger partial charge in [-0.2, -0.15) is 0 Å². The fourth-order valence-electron chi connectivity index (χ4n) is 5.26. The number of hydrogen-bond acceptors (Lipinski definition) is 2. The molecule has 4 fully saturated rings. The first-order valence-electron chi connectivity index (χ1n) is 7.80. The Morgan fingerprint density at radius 3 is 2.25 bits per heavy atom. The molecule has 0 heterocycles. The third-order valence-electron chi connectivity index (χ3n) is 5.57. The number of hydrogen-bond donors (Lipinski definition) is 2. The summed E-state index contributed by atoms with van der Waals surface area (Å²) in [4.78, 5) is 12.5. The first-order chi connectivity index (χ1) is 9.62. The van der Waals surface area contributed by atoms with Crippen molar-refractivity contribution >= 4 is 11.6 Å². The lowest BCUT2D eigenvalue weighted by Gasteiger charge is -2.56. The van der Waals surface area contributed by atoms with E-state index >= 15 is 0 Å². The van der Waals surface area contributed by atoms with Gasteiger partial charge in [-0.1, -0.05) is 6.07 Å². The molecular formula is C17H22N2O. The van der Waals surface area contributed by atoms with E-state index in [2.05, 4.69) is 5.32 Å². The Kier molecular flexibility index (Phi) is 2.60. The van der Waals surface area contributed by atoms with Crippen molar-refractivity contribution in [2.45, 2.75) is 44.1 Å². The van der Waals surface area contributed by atoms with Gasteiger partial charge in [0.05, 0.1) is 0 Å². The molecule has 5 rings (SSSR count). The van der Waals surface area contributed by atoms with Gasteiger partial charge in [-0.15, -0.1) is 0 Å². The molecule has 0 atom stereocenters. The Labute approximate surface area is 119 Å². The Balaban J connectivity index is 1.55. The molecule has 3 N–H and O–H groups in total. The second-order valence-corrected chi connectivity index (χ2v) is 7.28. The number of nitrogen functional groups attached to an aromatic ring is 1. The smallest absolute Gasteiger partial charge is 0.251 e. The third-order valence-corrected chi connectivity index (χ3v) is 5.57. The van der Waals surface area contributed by atoms with Gasteiger partial charge in [0.15, 0.2) is 0 Å². The molecule has 1 aromatic carbocycles. The molecule has 4 aliphatic carbocycles. The molecule has 20 heavy (non-hydrogen) atoms. The van der Waals surface area contributed by atoms with Crippen LogP contribution in [0.25, 0.3) is 0 Å². The summed E-state index contributed by atoms with van der Waals surface area (Å²) in [7, 11) is 0. The van der Waals surface area contributed by atoms with Crippen LogP contribution in [0.3, 0.4) is 0 Å². The van der Waals surface area contributed by atoms with Crippen LogP contribution >= 0.6 is 0 Å². The monoisotopic (exact) mass is 270 g/mol. The number of carbonyl (C=O) groups is 1. The van der Waals surface area contributed by atoms with Crippen molar-refractivity contribution in [3.63, 3.8) is 0 Å². The van der Waals surface area contributed by atoms with Crippen LogP contribution in [0, 0.1) is 17.8 Å². The van der Waals surface area contributed by atoms with E-state index in [1.165, 1.54) is 38.5 Å². The maximum atomic E-state index is 12.5. The van der Waals surface area contributed by atoms with Crippen LogP contribution in [0.5, 0.6) is 0 Å². The van der Waals surface area contributed by atoms with Gasteiger partial charge in [0.1, 0.15) is 0 Å². The summed E-state index contributed by atoms with van der Waals surface area (Å²) in [6.45, 7) is 0. The van der Waals surface area contributed by atoms with Crippen LogP contribution in [0.2, 0.25) is 0 Å². The van der Waals surface area contributed by atoms with Crippen LogP contribution in [0.1, 0.15) is 48.9 Å². The largest absolute Gasteiger partial charge is 0.399 e. The zero-order chi connectivity index (χ0) is 13.7. The fraction of sp³-hybridized carbons (Fsp3) is 0.588. The highest BCUT2D eigenvalue weighted by Gasteiger charge is 2.51. The number of carbonyl (C=O) groups excluding carboxylic acids is 1. The minimum atomic E-state index is 0.0549. The predicted molar refractivity (Wildman–Crippen MR) is 79.2 cm³/mol. The molecule has 0 unspecified atom stereocenters. The van der Waals surface area contributed by atoms with E-state index in [1.807, 2.05) is 18.2 Å². The molecule has 4 aliphatic rings. The SMILES string of the molecule is Nc1cccc(C(=O)NC23CC4CC(CC(C4)C2)C3)c1. The summed E-state index contributed by atoms with van der Waals surface area (Å²) in [6, 6.07) is 7.30. The molecule has 106 valence electrons. The highest BCUT2D eigenvalue weighted by molar-refractivity contribution is 5.95. The zero-order valence-corrected chi connectivity index (χ0v) is 11.8. The molecule has 3 nitrogen and oxygen atoms in total. The van der Waals surface area contributed by atoms with E-state index in [0.717, 1.165) is 17.8 Å². The second kappa shape index (κ2) is 4.24. The van der Waals surface area contributed by atoms with Gasteiger partial charge >= 0.3 is 0 Å². The van der Waals surface area contributed by atoms with Gasteiger partial charge < -0.3 is 11.1 Å². The summed E-state index contributed by atoms with van der Waals surface area (Å²) in [5.41, 5.74) is 7.21. The maximum absolute atomic E-state index is 12.5. The first-order valence-corrected chi connectivity index (χ1v) is 7.80. The predicted octanol–water partition coefficient (Wildman–Crippen LogP) is 2.97. The summed E-state index contributed by atoms with van der Waals surface area (Å²) >= 11 is 0. The van der Waals surface area contributed by atoms with Gasteiger partial charge in [-0.3, -0.25) is 4.79 Å². The molecule has 0 radical (unpaired) electrons. The normalized spacial score (nSPS) is 37.9. The molecule has 4 bridgehead atoms. The van der Waals surface area contributed by atoms with Crippen molar-refractivity contribution < 1.29 is 4.79 Å². The lowest BCUT2D eigenvalue weighted by molar-refractivity contribution is -0.0167. The second-order valence-electron chi connectivity index (χ2n) is 7.28. The van der Waals surface area contributed by atoms with E-state index in [1.54, 1.807) is 6.07 Å². The summed E-state index contributed by atoms with van der Waals surface area (Å²) in [5.74, 6) is 2.60. The van der Waals surface area contributed by atoms with Crippen LogP contribution in [0.4, 0.5) is 5.69 Å². The van der Waals surface area contributed by atoms with Crippen LogP contribution in [0.15, 0.2) is 24.3 Å². The van der Waals surface area contributed by atoms with Crippen LogP contribution in [-0.4, -0.2) is 11.4 Å². The lowest BCUT2D eigenvalue weighted by atomic mass is 9.53. The van der Waals surface area contributed by atoms with Gasteiger partial charge in [-0.25, -0.2) is 0 Å². The molecule has 4 saturated carbocycles. The number of benzene rings is 1. The molecule has 0 aromatic heterocycles. The number of nitrogens with two attached hydrogens (primary N) is 1. The maximum Gasteiger partial charge on any atom is 0.251 e. The van der Waals surface area contributed by atoms with E-state index in [9.17, 15) is 4.79 Å². The number of anilines is 1. The molecule has 1 aromatic rings. The van der Waals surface area contributed by atoms with Crippen molar-refractivity contribution in [2.75, 3.05) is 5.73 Å². The van der Waals surface area contributed by atoms with Gasteiger partial charge in [0.2, 0.25) is 0 Å². The standard InChI is InChI=1S/C17H22N2O/c18-15-3-1-2-14(7-15)16(20)19-17-8-11-4-12(9-17)6-13(5-11)10-17/h1-3,7,11-13H,4-6,8-10,18H2,(H,19,20). The first kappa shape index (κ1) is 12.2. The van der Waals surface area contributed by atoms with Crippen molar-refractivity contribution in [3.8, 4) is 0 Å². The lowest BCUT2D eigenvalue weighted by Crippen LogP contribution is -2.59. The molecule has 0 saturated heterocycles. The van der Waals surface area contributed by atoms with Crippen LogP contribution in [-0.2, 0) is 0 Å². The van der Waals surface area contributed by atoms with E-state index < -0.39 is 0 Å². The average Bonchev–Trinajstić information content (AvgIpc) is 2.36. The average molecular weight is 270 g/mol. The number of rotatable bonds is 2. The van der Waals surface area contributed by atoms with E-state index in [4.69, 9.17) is 5.73 Å². The fourth-order valence-corrected chi connectivity index (χ4v) is 5.26. The quantitative estimate of drug-likeness (QED) is 0.812.